The summed E-state index contributed by atoms with van der Waals surface area (Å²) in [7, 11) is -1.06. The monoisotopic (exact) mass is 317 g/mol. The van der Waals surface area contributed by atoms with E-state index in [-0.39, 0.29) is 28.9 Å². The van der Waals surface area contributed by atoms with Crippen molar-refractivity contribution in [1.29, 1.82) is 0 Å². The zero-order valence-electron chi connectivity index (χ0n) is 12.1. The van der Waals surface area contributed by atoms with Crippen LogP contribution in [0.15, 0.2) is 23.1 Å². The van der Waals surface area contributed by atoms with Gasteiger partial charge in [0.05, 0.1) is 19.3 Å². The van der Waals surface area contributed by atoms with Crippen LogP contribution >= 0.6 is 0 Å². The standard InChI is InChI=1S/C13H19NO6S/c1-4-10(8-19-2)14-21(17,18)12-6-5-9(13(15)16)7-11(12)20-3/h5-7,10,14H,4,8H2,1-3H3,(H,15,16). The van der Waals surface area contributed by atoms with Crippen molar-refractivity contribution < 1.29 is 27.8 Å². The summed E-state index contributed by atoms with van der Waals surface area (Å²) in [5, 5.41) is 8.91. The Balaban J connectivity index is 3.15. The van der Waals surface area contributed by atoms with Gasteiger partial charge in [0.25, 0.3) is 0 Å². The number of nitrogens with one attached hydrogen (secondary N) is 1. The van der Waals surface area contributed by atoms with Crippen molar-refractivity contribution in [1.82, 2.24) is 4.72 Å². The molecule has 1 atom stereocenters. The fraction of sp³-hybridized carbons (Fsp3) is 0.462. The normalized spacial score (nSPS) is 12.9. The largest absolute Gasteiger partial charge is 0.495 e. The molecule has 0 aliphatic rings. The molecular formula is C13H19NO6S. The minimum atomic E-state index is -3.83. The van der Waals surface area contributed by atoms with E-state index in [9.17, 15) is 13.2 Å². The summed E-state index contributed by atoms with van der Waals surface area (Å²) in [6.07, 6.45) is 0.558. The zero-order chi connectivity index (χ0) is 16.0. The maximum absolute atomic E-state index is 12.3. The van der Waals surface area contributed by atoms with Crippen molar-refractivity contribution in [3.63, 3.8) is 0 Å². The molecule has 7 nitrogen and oxygen atoms in total. The van der Waals surface area contributed by atoms with Gasteiger partial charge in [-0.15, -0.1) is 0 Å². The summed E-state index contributed by atoms with van der Waals surface area (Å²) < 4.78 is 37.1. The van der Waals surface area contributed by atoms with Crippen molar-refractivity contribution in [2.75, 3.05) is 20.8 Å². The fourth-order valence-electron chi connectivity index (χ4n) is 1.74. The van der Waals surface area contributed by atoms with Gasteiger partial charge in [-0.05, 0) is 24.6 Å². The van der Waals surface area contributed by atoms with Gasteiger partial charge in [-0.3, -0.25) is 0 Å². The molecule has 1 aromatic carbocycles. The van der Waals surface area contributed by atoms with Crippen molar-refractivity contribution >= 4 is 16.0 Å². The molecule has 8 heteroatoms. The molecule has 1 unspecified atom stereocenters. The Bertz CT molecular complexity index is 599. The summed E-state index contributed by atoms with van der Waals surface area (Å²) in [5.74, 6) is -1.18. The number of carboxylic acid groups (broad SMARTS) is 1. The number of ether oxygens (including phenoxy) is 2. The Hall–Kier alpha value is -1.64. The molecule has 0 radical (unpaired) electrons. The summed E-state index contributed by atoms with van der Waals surface area (Å²) in [5.41, 5.74) is -0.0465. The van der Waals surface area contributed by atoms with Gasteiger partial charge in [-0.25, -0.2) is 17.9 Å². The number of rotatable bonds is 8. The van der Waals surface area contributed by atoms with E-state index >= 15 is 0 Å². The first-order chi connectivity index (χ1) is 9.85. The Kier molecular flexibility index (Phi) is 6.13. The van der Waals surface area contributed by atoms with Gasteiger partial charge >= 0.3 is 5.97 Å². The molecule has 0 aliphatic carbocycles. The highest BCUT2D eigenvalue weighted by Gasteiger charge is 2.23. The van der Waals surface area contributed by atoms with Crippen LogP contribution in [-0.2, 0) is 14.8 Å². The molecule has 2 N–H and O–H groups in total. The molecule has 1 rings (SSSR count). The number of carboxylic acids is 1. The lowest BCUT2D eigenvalue weighted by Crippen LogP contribution is -2.37. The van der Waals surface area contributed by atoms with Gasteiger partial charge in [0.2, 0.25) is 10.0 Å². The molecule has 21 heavy (non-hydrogen) atoms. The van der Waals surface area contributed by atoms with Crippen LogP contribution in [0.3, 0.4) is 0 Å². The molecule has 0 saturated heterocycles. The summed E-state index contributed by atoms with van der Waals surface area (Å²) in [6, 6.07) is 3.23. The van der Waals surface area contributed by atoms with Crippen molar-refractivity contribution in [2.45, 2.75) is 24.3 Å². The van der Waals surface area contributed by atoms with E-state index in [1.54, 1.807) is 0 Å². The highest BCUT2D eigenvalue weighted by atomic mass is 32.2. The van der Waals surface area contributed by atoms with Crippen LogP contribution in [0, 0.1) is 0 Å². The summed E-state index contributed by atoms with van der Waals surface area (Å²) >= 11 is 0. The number of sulfonamides is 1. The second-order valence-electron chi connectivity index (χ2n) is 4.35. The third-order valence-electron chi connectivity index (χ3n) is 2.88. The van der Waals surface area contributed by atoms with E-state index < -0.39 is 16.0 Å². The molecule has 118 valence electrons. The topological polar surface area (TPSA) is 102 Å². The molecule has 1 aromatic rings. The lowest BCUT2D eigenvalue weighted by atomic mass is 10.2. The van der Waals surface area contributed by atoms with Crippen molar-refractivity contribution in [3.8, 4) is 5.75 Å². The minimum Gasteiger partial charge on any atom is -0.495 e. The van der Waals surface area contributed by atoms with Gasteiger partial charge in [0.15, 0.2) is 0 Å². The third kappa shape index (κ3) is 4.42. The third-order valence-corrected chi connectivity index (χ3v) is 4.44. The number of hydrogen-bond donors (Lipinski definition) is 2. The summed E-state index contributed by atoms with van der Waals surface area (Å²) in [6.45, 7) is 2.07. The van der Waals surface area contributed by atoms with Crippen LogP contribution in [0.1, 0.15) is 23.7 Å². The average molecular weight is 317 g/mol. The maximum Gasteiger partial charge on any atom is 0.335 e. The molecule has 0 amide bonds. The Labute approximate surface area is 123 Å². The van der Waals surface area contributed by atoms with Gasteiger partial charge in [-0.2, -0.15) is 0 Å². The predicted octanol–water partition coefficient (Wildman–Crippen LogP) is 1.10. The fourth-order valence-corrected chi connectivity index (χ4v) is 3.20. The summed E-state index contributed by atoms with van der Waals surface area (Å²) in [4.78, 5) is 10.8. The number of methoxy groups -OCH3 is 2. The average Bonchev–Trinajstić information content (AvgIpc) is 2.45. The zero-order valence-corrected chi connectivity index (χ0v) is 12.9. The molecule has 0 saturated carbocycles. The maximum atomic E-state index is 12.3. The lowest BCUT2D eigenvalue weighted by molar-refractivity contribution is 0.0696. The van der Waals surface area contributed by atoms with E-state index in [0.29, 0.717) is 6.42 Å². The lowest BCUT2D eigenvalue weighted by Gasteiger charge is -2.17. The Morgan fingerprint density at radius 1 is 1.38 bits per heavy atom. The Morgan fingerprint density at radius 3 is 2.52 bits per heavy atom. The van der Waals surface area contributed by atoms with Crippen LogP contribution in [0.25, 0.3) is 0 Å². The van der Waals surface area contributed by atoms with E-state index in [0.717, 1.165) is 0 Å². The van der Waals surface area contributed by atoms with E-state index in [2.05, 4.69) is 4.72 Å². The van der Waals surface area contributed by atoms with Crippen LogP contribution < -0.4 is 9.46 Å². The predicted molar refractivity (Wildman–Crippen MR) is 76.2 cm³/mol. The first-order valence-corrected chi connectivity index (χ1v) is 7.76. The number of carbonyl (C=O) groups is 1. The number of benzene rings is 1. The van der Waals surface area contributed by atoms with Crippen molar-refractivity contribution in [2.24, 2.45) is 0 Å². The molecule has 0 fully saturated rings. The van der Waals surface area contributed by atoms with Crippen LogP contribution in [0.2, 0.25) is 0 Å². The molecule has 0 heterocycles. The molecular weight excluding hydrogens is 298 g/mol. The van der Waals surface area contributed by atoms with Crippen LogP contribution in [0.4, 0.5) is 0 Å². The van der Waals surface area contributed by atoms with E-state index in [1.165, 1.54) is 32.4 Å². The van der Waals surface area contributed by atoms with Crippen molar-refractivity contribution in [3.05, 3.63) is 23.8 Å². The highest BCUT2D eigenvalue weighted by Crippen LogP contribution is 2.25. The second kappa shape index (κ2) is 7.39. The highest BCUT2D eigenvalue weighted by molar-refractivity contribution is 7.89. The number of hydrogen-bond acceptors (Lipinski definition) is 5. The first-order valence-electron chi connectivity index (χ1n) is 6.28. The molecule has 0 aromatic heterocycles. The number of aromatic carboxylic acids is 1. The van der Waals surface area contributed by atoms with Crippen LogP contribution in [0.5, 0.6) is 5.75 Å². The van der Waals surface area contributed by atoms with Gasteiger partial charge in [0.1, 0.15) is 10.6 Å². The second-order valence-corrected chi connectivity index (χ2v) is 6.03. The van der Waals surface area contributed by atoms with E-state index in [1.807, 2.05) is 6.92 Å². The Morgan fingerprint density at radius 2 is 2.05 bits per heavy atom. The molecule has 0 bridgehead atoms. The first kappa shape index (κ1) is 17.4. The SMILES string of the molecule is CCC(COC)NS(=O)(=O)c1ccc(C(=O)O)cc1OC. The minimum absolute atomic E-state index is 0.0188. The molecule has 0 aliphatic heterocycles. The van der Waals surface area contributed by atoms with Gasteiger partial charge in [-0.1, -0.05) is 6.92 Å². The smallest absolute Gasteiger partial charge is 0.335 e. The van der Waals surface area contributed by atoms with Crippen LogP contribution in [-0.4, -0.2) is 46.4 Å². The molecule has 0 spiro atoms. The quantitative estimate of drug-likeness (QED) is 0.744. The van der Waals surface area contributed by atoms with Gasteiger partial charge in [0, 0.05) is 13.2 Å². The van der Waals surface area contributed by atoms with Gasteiger partial charge < -0.3 is 14.6 Å². The van der Waals surface area contributed by atoms with E-state index in [4.69, 9.17) is 14.6 Å².